The predicted molar refractivity (Wildman–Crippen MR) is 88.4 cm³/mol. The quantitative estimate of drug-likeness (QED) is 0.849. The minimum Gasteiger partial charge on any atom is -0.444 e. The van der Waals surface area contributed by atoms with E-state index in [1.54, 1.807) is 6.26 Å². The Balaban J connectivity index is 1.70. The summed E-state index contributed by atoms with van der Waals surface area (Å²) in [6.45, 7) is 0.609. The van der Waals surface area contributed by atoms with Gasteiger partial charge >= 0.3 is 0 Å². The zero-order valence-electron chi connectivity index (χ0n) is 12.4. The largest absolute Gasteiger partial charge is 0.444 e. The van der Waals surface area contributed by atoms with Crippen molar-refractivity contribution < 1.29 is 4.42 Å². The fourth-order valence-electron chi connectivity index (χ4n) is 2.93. The highest BCUT2D eigenvalue weighted by Crippen LogP contribution is 2.29. The summed E-state index contributed by atoms with van der Waals surface area (Å²) < 4.78 is 5.55. The maximum atomic E-state index is 6.17. The highest BCUT2D eigenvalue weighted by Gasteiger charge is 2.29. The van der Waals surface area contributed by atoms with Crippen molar-refractivity contribution >= 4 is 11.6 Å². The van der Waals surface area contributed by atoms with Gasteiger partial charge in [0.1, 0.15) is 6.26 Å². The number of hydrogen-bond acceptors (Lipinski definition) is 3. The lowest BCUT2D eigenvalue weighted by Gasteiger charge is -2.33. The van der Waals surface area contributed by atoms with Crippen LogP contribution in [0.2, 0.25) is 5.02 Å². The molecule has 114 valence electrons. The molecule has 0 bridgehead atoms. The van der Waals surface area contributed by atoms with Crippen LogP contribution in [0, 0.1) is 12.3 Å². The van der Waals surface area contributed by atoms with Crippen molar-refractivity contribution in [1.29, 1.82) is 0 Å². The predicted octanol–water partition coefficient (Wildman–Crippen LogP) is 4.42. The molecule has 1 N–H and O–H groups in total. The summed E-state index contributed by atoms with van der Waals surface area (Å²) in [5, 5.41) is 4.12. The Morgan fingerprint density at radius 2 is 2.05 bits per heavy atom. The summed E-state index contributed by atoms with van der Waals surface area (Å²) in [4.78, 5) is 4.51. The first kappa shape index (κ1) is 15.1. The number of halogens is 1. The second-order valence-electron chi connectivity index (χ2n) is 5.76. The molecule has 4 heteroatoms. The van der Waals surface area contributed by atoms with E-state index in [1.807, 2.05) is 24.3 Å². The molecule has 0 unspecified atom stereocenters. The molecular weight excluding hydrogens is 296 g/mol. The number of hydrogen-bond donors (Lipinski definition) is 1. The van der Waals surface area contributed by atoms with Gasteiger partial charge in [-0.2, -0.15) is 0 Å². The number of oxazole rings is 1. The van der Waals surface area contributed by atoms with Crippen LogP contribution in [0.1, 0.15) is 37.8 Å². The van der Waals surface area contributed by atoms with Gasteiger partial charge in [0, 0.05) is 6.54 Å². The molecule has 1 heterocycles. The van der Waals surface area contributed by atoms with Gasteiger partial charge in [0.05, 0.1) is 21.8 Å². The van der Waals surface area contributed by atoms with Crippen LogP contribution in [0.3, 0.4) is 0 Å². The van der Waals surface area contributed by atoms with Crippen molar-refractivity contribution in [3.63, 3.8) is 0 Å². The molecule has 1 saturated carbocycles. The van der Waals surface area contributed by atoms with E-state index >= 15 is 0 Å². The van der Waals surface area contributed by atoms with E-state index in [9.17, 15) is 0 Å². The average molecular weight is 315 g/mol. The fourth-order valence-corrected chi connectivity index (χ4v) is 3.15. The van der Waals surface area contributed by atoms with E-state index in [-0.39, 0.29) is 5.54 Å². The van der Waals surface area contributed by atoms with Gasteiger partial charge in [-0.1, -0.05) is 48.9 Å². The summed E-state index contributed by atoms with van der Waals surface area (Å²) in [6.07, 6.45) is 13.1. The van der Waals surface area contributed by atoms with Crippen LogP contribution >= 0.6 is 11.6 Å². The Kier molecular flexibility index (Phi) is 4.52. The molecule has 22 heavy (non-hydrogen) atoms. The lowest BCUT2D eigenvalue weighted by molar-refractivity contribution is 0.298. The van der Waals surface area contributed by atoms with Gasteiger partial charge in [-0.05, 0) is 25.0 Å². The summed E-state index contributed by atoms with van der Waals surface area (Å²) in [6, 6.07) is 7.53. The van der Waals surface area contributed by atoms with Gasteiger partial charge in [-0.3, -0.25) is 5.32 Å². The molecule has 3 rings (SSSR count). The van der Waals surface area contributed by atoms with Crippen molar-refractivity contribution in [3.05, 3.63) is 41.2 Å². The molecule has 0 atom stereocenters. The van der Waals surface area contributed by atoms with Crippen LogP contribution in [-0.2, 0) is 6.54 Å². The van der Waals surface area contributed by atoms with Gasteiger partial charge in [-0.25, -0.2) is 4.98 Å². The second kappa shape index (κ2) is 6.56. The zero-order chi connectivity index (χ0) is 15.4. The molecule has 1 aliphatic carbocycles. The van der Waals surface area contributed by atoms with Gasteiger partial charge < -0.3 is 4.42 Å². The Morgan fingerprint density at radius 1 is 1.27 bits per heavy atom. The molecular formula is C18H19ClN2O. The molecule has 0 saturated heterocycles. The maximum Gasteiger partial charge on any atom is 0.227 e. The molecule has 3 nitrogen and oxygen atoms in total. The van der Waals surface area contributed by atoms with E-state index in [0.717, 1.165) is 24.1 Å². The van der Waals surface area contributed by atoms with E-state index in [1.165, 1.54) is 19.3 Å². The van der Waals surface area contributed by atoms with Crippen LogP contribution in [-0.4, -0.2) is 10.5 Å². The third kappa shape index (κ3) is 3.19. The van der Waals surface area contributed by atoms with Crippen molar-refractivity contribution in [1.82, 2.24) is 10.3 Å². The average Bonchev–Trinajstić information content (AvgIpc) is 3.03. The van der Waals surface area contributed by atoms with Crippen molar-refractivity contribution in [3.8, 4) is 23.8 Å². The highest BCUT2D eigenvalue weighted by atomic mass is 35.5. The van der Waals surface area contributed by atoms with Crippen molar-refractivity contribution in [2.75, 3.05) is 0 Å². The molecule has 1 aliphatic rings. The molecule has 0 spiro atoms. The van der Waals surface area contributed by atoms with E-state index < -0.39 is 0 Å². The van der Waals surface area contributed by atoms with E-state index in [2.05, 4.69) is 16.2 Å². The van der Waals surface area contributed by atoms with Gasteiger partial charge in [-0.15, -0.1) is 6.42 Å². The minimum atomic E-state index is -0.193. The van der Waals surface area contributed by atoms with E-state index in [0.29, 0.717) is 17.5 Å². The topological polar surface area (TPSA) is 38.1 Å². The number of nitrogens with zero attached hydrogens (tertiary/aromatic N) is 1. The van der Waals surface area contributed by atoms with Crippen LogP contribution in [0.4, 0.5) is 0 Å². The molecule has 0 aliphatic heterocycles. The monoisotopic (exact) mass is 314 g/mol. The number of terminal acetylenes is 1. The zero-order valence-corrected chi connectivity index (χ0v) is 13.2. The molecule has 0 amide bonds. The molecule has 2 aromatic rings. The standard InChI is InChI=1S/C18H19ClN2O/c1-2-18(10-6-3-7-11-18)20-12-14-13-22-17(21-14)15-8-4-5-9-16(15)19/h1,4-5,8-9,13,20H,3,6-7,10-12H2. The second-order valence-corrected chi connectivity index (χ2v) is 6.17. The van der Waals surface area contributed by atoms with Crippen LogP contribution in [0.5, 0.6) is 0 Å². The molecule has 1 aromatic heterocycles. The first-order valence-corrected chi connectivity index (χ1v) is 8.02. The normalized spacial score (nSPS) is 17.1. The van der Waals surface area contributed by atoms with Crippen molar-refractivity contribution in [2.24, 2.45) is 0 Å². The van der Waals surface area contributed by atoms with Crippen LogP contribution < -0.4 is 5.32 Å². The third-order valence-corrected chi connectivity index (χ3v) is 4.58. The lowest BCUT2D eigenvalue weighted by atomic mass is 9.82. The summed E-state index contributed by atoms with van der Waals surface area (Å²) in [5.74, 6) is 3.49. The minimum absolute atomic E-state index is 0.193. The Labute approximate surface area is 136 Å². The summed E-state index contributed by atoms with van der Waals surface area (Å²) in [7, 11) is 0. The Hall–Kier alpha value is -1.76. The SMILES string of the molecule is C#CC1(NCc2coc(-c3ccccc3Cl)n2)CCCCC1. The smallest absolute Gasteiger partial charge is 0.227 e. The van der Waals surface area contributed by atoms with Gasteiger partial charge in [0.15, 0.2) is 0 Å². The van der Waals surface area contributed by atoms with Crippen LogP contribution in [0.15, 0.2) is 34.9 Å². The Bertz CT molecular complexity index is 680. The Morgan fingerprint density at radius 3 is 2.77 bits per heavy atom. The number of nitrogens with one attached hydrogen (secondary N) is 1. The lowest BCUT2D eigenvalue weighted by Crippen LogP contribution is -2.45. The fraction of sp³-hybridized carbons (Fsp3) is 0.389. The third-order valence-electron chi connectivity index (χ3n) is 4.25. The first-order chi connectivity index (χ1) is 10.7. The summed E-state index contributed by atoms with van der Waals surface area (Å²) >= 11 is 6.17. The number of aromatic nitrogens is 1. The summed E-state index contributed by atoms with van der Waals surface area (Å²) in [5.41, 5.74) is 1.46. The molecule has 1 aromatic carbocycles. The van der Waals surface area contributed by atoms with Gasteiger partial charge in [0.2, 0.25) is 5.89 Å². The molecule has 1 fully saturated rings. The van der Waals surface area contributed by atoms with Crippen LogP contribution in [0.25, 0.3) is 11.5 Å². The molecule has 0 radical (unpaired) electrons. The highest BCUT2D eigenvalue weighted by molar-refractivity contribution is 6.33. The van der Waals surface area contributed by atoms with E-state index in [4.69, 9.17) is 22.4 Å². The maximum absolute atomic E-state index is 6.17. The number of rotatable bonds is 4. The van der Waals surface area contributed by atoms with Gasteiger partial charge in [0.25, 0.3) is 0 Å². The first-order valence-electron chi connectivity index (χ1n) is 7.64. The van der Waals surface area contributed by atoms with Crippen molar-refractivity contribution in [2.45, 2.75) is 44.2 Å². The number of benzene rings is 1.